The number of benzene rings is 1. The number of nitrogens with zero attached hydrogens (tertiary/aromatic N) is 2. The van der Waals surface area contributed by atoms with Crippen LogP contribution in [0, 0.1) is 0 Å². The third-order valence-corrected chi connectivity index (χ3v) is 3.15. The zero-order valence-electron chi connectivity index (χ0n) is 12.1. The van der Waals surface area contributed by atoms with E-state index >= 15 is 0 Å². The molecule has 0 aliphatic rings. The molecule has 1 aromatic carbocycles. The number of hydrogen-bond donors (Lipinski definition) is 2. The van der Waals surface area contributed by atoms with Crippen molar-refractivity contribution in [1.29, 1.82) is 0 Å². The van der Waals surface area contributed by atoms with Gasteiger partial charge in [0.2, 0.25) is 0 Å². The Labute approximate surface area is 132 Å². The normalized spacial score (nSPS) is 10.1. The van der Waals surface area contributed by atoms with Crippen molar-refractivity contribution in [2.24, 2.45) is 5.73 Å². The first-order valence-electron chi connectivity index (χ1n) is 6.33. The van der Waals surface area contributed by atoms with Crippen LogP contribution in [0.1, 0.15) is 16.1 Å². The second kappa shape index (κ2) is 6.95. The fraction of sp³-hybridized carbons (Fsp3) is 0.214. The number of halogens is 1. The molecule has 0 fully saturated rings. The van der Waals surface area contributed by atoms with E-state index in [1.165, 1.54) is 6.07 Å². The third-order valence-electron chi connectivity index (χ3n) is 2.96. The monoisotopic (exact) mass is 322 g/mol. The lowest BCUT2D eigenvalue weighted by Gasteiger charge is -2.13. The lowest BCUT2D eigenvalue weighted by molar-refractivity contribution is 0.0995. The van der Waals surface area contributed by atoms with Crippen molar-refractivity contribution in [3.05, 3.63) is 40.7 Å². The van der Waals surface area contributed by atoms with E-state index in [1.807, 2.05) is 12.1 Å². The number of carbonyl (C=O) groups excluding carboxylic acids is 1. The summed E-state index contributed by atoms with van der Waals surface area (Å²) in [4.78, 5) is 11.3. The zero-order valence-corrected chi connectivity index (χ0v) is 12.8. The standard InChI is InChI=1S/C14H15ClN4O3/c1-21-9-4-3-8(11(5-9)22-2)7-17-10-6-12(15)18-19-13(10)14(16)20/h3-6H,7H2,1-2H3,(H2,16,20)(H,17,18). The number of amides is 1. The largest absolute Gasteiger partial charge is 0.497 e. The van der Waals surface area contributed by atoms with Gasteiger partial charge in [0.25, 0.3) is 5.91 Å². The number of nitrogens with two attached hydrogens (primary N) is 1. The third kappa shape index (κ3) is 3.56. The average Bonchev–Trinajstić information content (AvgIpc) is 2.52. The molecule has 22 heavy (non-hydrogen) atoms. The Morgan fingerprint density at radius 1 is 1.27 bits per heavy atom. The Kier molecular flexibility index (Phi) is 5.00. The summed E-state index contributed by atoms with van der Waals surface area (Å²) in [5.41, 5.74) is 6.56. The molecule has 0 saturated heterocycles. The number of methoxy groups -OCH3 is 2. The van der Waals surface area contributed by atoms with Crippen LogP contribution in [0.25, 0.3) is 0 Å². The van der Waals surface area contributed by atoms with Gasteiger partial charge in [0.05, 0.1) is 19.9 Å². The molecule has 0 aliphatic carbocycles. The quantitative estimate of drug-likeness (QED) is 0.842. The fourth-order valence-corrected chi connectivity index (χ4v) is 2.02. The van der Waals surface area contributed by atoms with E-state index in [0.29, 0.717) is 23.7 Å². The molecular formula is C14H15ClN4O3. The Hall–Kier alpha value is -2.54. The number of aromatic nitrogens is 2. The van der Waals surface area contributed by atoms with Crippen molar-refractivity contribution in [3.63, 3.8) is 0 Å². The van der Waals surface area contributed by atoms with Gasteiger partial charge in [0.15, 0.2) is 10.8 Å². The molecule has 7 nitrogen and oxygen atoms in total. The number of ether oxygens (including phenoxy) is 2. The first-order valence-corrected chi connectivity index (χ1v) is 6.70. The number of nitrogens with one attached hydrogen (secondary N) is 1. The van der Waals surface area contributed by atoms with Crippen LogP contribution in [0.5, 0.6) is 11.5 Å². The van der Waals surface area contributed by atoms with Gasteiger partial charge in [-0.25, -0.2) is 0 Å². The van der Waals surface area contributed by atoms with E-state index in [9.17, 15) is 4.79 Å². The van der Waals surface area contributed by atoms with Crippen molar-refractivity contribution in [2.45, 2.75) is 6.54 Å². The maximum atomic E-state index is 11.3. The highest BCUT2D eigenvalue weighted by atomic mass is 35.5. The molecule has 1 heterocycles. The SMILES string of the molecule is COc1ccc(CNc2cc(Cl)nnc2C(N)=O)c(OC)c1. The summed E-state index contributed by atoms with van der Waals surface area (Å²) in [6.07, 6.45) is 0. The van der Waals surface area contributed by atoms with E-state index in [-0.39, 0.29) is 10.8 Å². The smallest absolute Gasteiger partial charge is 0.271 e. The van der Waals surface area contributed by atoms with Gasteiger partial charge in [-0.1, -0.05) is 11.6 Å². The lowest BCUT2D eigenvalue weighted by atomic mass is 10.2. The van der Waals surface area contributed by atoms with Crippen LogP contribution in [0.3, 0.4) is 0 Å². The molecule has 1 amide bonds. The molecule has 2 rings (SSSR count). The van der Waals surface area contributed by atoms with Crippen LogP contribution >= 0.6 is 11.6 Å². The predicted molar refractivity (Wildman–Crippen MR) is 82.4 cm³/mol. The molecule has 3 N–H and O–H groups in total. The maximum absolute atomic E-state index is 11.3. The maximum Gasteiger partial charge on any atom is 0.271 e. The van der Waals surface area contributed by atoms with E-state index < -0.39 is 5.91 Å². The van der Waals surface area contributed by atoms with Gasteiger partial charge in [-0.3, -0.25) is 4.79 Å². The van der Waals surface area contributed by atoms with E-state index in [1.54, 1.807) is 20.3 Å². The van der Waals surface area contributed by atoms with Crippen LogP contribution in [-0.4, -0.2) is 30.3 Å². The number of carbonyl (C=O) groups is 1. The van der Waals surface area contributed by atoms with Gasteiger partial charge in [-0.15, -0.1) is 10.2 Å². The van der Waals surface area contributed by atoms with Crippen molar-refractivity contribution >= 4 is 23.2 Å². The van der Waals surface area contributed by atoms with Crippen molar-refractivity contribution in [2.75, 3.05) is 19.5 Å². The van der Waals surface area contributed by atoms with E-state index in [4.69, 9.17) is 26.8 Å². The van der Waals surface area contributed by atoms with Crippen molar-refractivity contribution in [1.82, 2.24) is 10.2 Å². The van der Waals surface area contributed by atoms with Gasteiger partial charge >= 0.3 is 0 Å². The first-order chi connectivity index (χ1) is 10.5. The molecule has 0 unspecified atom stereocenters. The van der Waals surface area contributed by atoms with Crippen LogP contribution in [0.15, 0.2) is 24.3 Å². The second-order valence-corrected chi connectivity index (χ2v) is 4.71. The molecule has 116 valence electrons. The molecule has 0 saturated carbocycles. The Morgan fingerprint density at radius 2 is 2.05 bits per heavy atom. The highest BCUT2D eigenvalue weighted by Crippen LogP contribution is 2.26. The van der Waals surface area contributed by atoms with Gasteiger partial charge in [0, 0.05) is 24.2 Å². The second-order valence-electron chi connectivity index (χ2n) is 4.32. The Bertz CT molecular complexity index is 694. The summed E-state index contributed by atoms with van der Waals surface area (Å²) in [5, 5.41) is 10.5. The minimum atomic E-state index is -0.687. The van der Waals surface area contributed by atoms with Crippen LogP contribution < -0.4 is 20.5 Å². The molecule has 0 atom stereocenters. The highest BCUT2D eigenvalue weighted by molar-refractivity contribution is 6.29. The van der Waals surface area contributed by atoms with Crippen LogP contribution in [-0.2, 0) is 6.54 Å². The molecule has 0 aliphatic heterocycles. The summed E-state index contributed by atoms with van der Waals surface area (Å²) in [6.45, 7) is 0.384. The first kappa shape index (κ1) is 15.8. The zero-order chi connectivity index (χ0) is 16.1. The van der Waals surface area contributed by atoms with Crippen molar-refractivity contribution in [3.8, 4) is 11.5 Å². The number of primary amides is 1. The Balaban J connectivity index is 2.23. The minimum absolute atomic E-state index is 0.0249. The summed E-state index contributed by atoms with van der Waals surface area (Å²) in [6, 6.07) is 6.92. The van der Waals surface area contributed by atoms with Crippen LogP contribution in [0.4, 0.5) is 5.69 Å². The molecule has 1 aromatic heterocycles. The number of hydrogen-bond acceptors (Lipinski definition) is 6. The fourth-order valence-electron chi connectivity index (χ4n) is 1.87. The molecule has 0 bridgehead atoms. The topological polar surface area (TPSA) is 99.4 Å². The van der Waals surface area contributed by atoms with Crippen molar-refractivity contribution < 1.29 is 14.3 Å². The number of rotatable bonds is 6. The molecule has 2 aromatic rings. The van der Waals surface area contributed by atoms with Gasteiger partial charge in [-0.2, -0.15) is 0 Å². The number of anilines is 1. The van der Waals surface area contributed by atoms with Gasteiger partial charge in [0.1, 0.15) is 11.5 Å². The average molecular weight is 323 g/mol. The molecule has 0 radical (unpaired) electrons. The molecule has 0 spiro atoms. The molecular weight excluding hydrogens is 308 g/mol. The van der Waals surface area contributed by atoms with E-state index in [2.05, 4.69) is 15.5 Å². The predicted octanol–water partition coefficient (Wildman–Crippen LogP) is 1.86. The summed E-state index contributed by atoms with van der Waals surface area (Å²) < 4.78 is 10.5. The highest BCUT2D eigenvalue weighted by Gasteiger charge is 2.13. The Morgan fingerprint density at radius 3 is 2.68 bits per heavy atom. The summed E-state index contributed by atoms with van der Waals surface area (Å²) in [7, 11) is 3.15. The minimum Gasteiger partial charge on any atom is -0.497 e. The van der Waals surface area contributed by atoms with Crippen LogP contribution in [0.2, 0.25) is 5.15 Å². The van der Waals surface area contributed by atoms with Gasteiger partial charge in [-0.05, 0) is 12.1 Å². The molecule has 8 heteroatoms. The summed E-state index contributed by atoms with van der Waals surface area (Å²) >= 11 is 5.79. The van der Waals surface area contributed by atoms with Gasteiger partial charge < -0.3 is 20.5 Å². The lowest BCUT2D eigenvalue weighted by Crippen LogP contribution is -2.17. The summed E-state index contributed by atoms with van der Waals surface area (Å²) in [5.74, 6) is 0.654. The van der Waals surface area contributed by atoms with E-state index in [0.717, 1.165) is 5.56 Å².